The van der Waals surface area contributed by atoms with Gasteiger partial charge in [0.05, 0.1) is 5.69 Å². The summed E-state index contributed by atoms with van der Waals surface area (Å²) in [5.41, 5.74) is 4.16. The molecule has 140 valence electrons. The molecule has 0 amide bonds. The third-order valence-corrected chi connectivity index (χ3v) is 6.32. The lowest BCUT2D eigenvalue weighted by Gasteiger charge is -2.31. The highest BCUT2D eigenvalue weighted by atomic mass is 32.2. The van der Waals surface area contributed by atoms with Crippen LogP contribution in [0, 0.1) is 6.92 Å². The van der Waals surface area contributed by atoms with Crippen LogP contribution in [0.4, 0.5) is 10.8 Å². The molecule has 0 saturated carbocycles. The van der Waals surface area contributed by atoms with Crippen molar-refractivity contribution in [3.05, 3.63) is 53.7 Å². The largest absolute Gasteiger partial charge is 0.331 e. The van der Waals surface area contributed by atoms with Gasteiger partial charge in [-0.15, -0.1) is 11.3 Å². The number of nitrogens with zero attached hydrogens (tertiary/aromatic N) is 4. The standard InChI is InChI=1S/C20H23N5S2/c1-15-12-16(6-7-21-15)19-14-26-20(23-19)22-17-4-3-5-18(13-17)27-25-10-8-24(2)9-11-25/h3-7,12-14H,8-11H2,1-2H3,(H,22,23). The summed E-state index contributed by atoms with van der Waals surface area (Å²) in [6, 6.07) is 12.6. The van der Waals surface area contributed by atoms with E-state index in [0.717, 1.165) is 53.9 Å². The van der Waals surface area contributed by atoms with E-state index in [9.17, 15) is 0 Å². The Bertz CT molecular complexity index is 903. The highest BCUT2D eigenvalue weighted by Crippen LogP contribution is 2.30. The number of anilines is 2. The molecule has 3 heterocycles. The minimum Gasteiger partial charge on any atom is -0.331 e. The average molecular weight is 398 g/mol. The number of benzene rings is 1. The van der Waals surface area contributed by atoms with Crippen LogP contribution in [0.25, 0.3) is 11.3 Å². The first-order valence-corrected chi connectivity index (χ1v) is 10.7. The van der Waals surface area contributed by atoms with Gasteiger partial charge in [0.1, 0.15) is 0 Å². The van der Waals surface area contributed by atoms with Crippen LogP contribution in [0.5, 0.6) is 0 Å². The molecule has 1 fully saturated rings. The van der Waals surface area contributed by atoms with E-state index in [2.05, 4.69) is 62.3 Å². The lowest BCUT2D eigenvalue weighted by molar-refractivity contribution is 0.233. The second kappa shape index (κ2) is 8.39. The number of aromatic nitrogens is 2. The number of rotatable bonds is 5. The summed E-state index contributed by atoms with van der Waals surface area (Å²) in [6.07, 6.45) is 1.83. The number of likely N-dealkylation sites (N-methyl/N-ethyl adjacent to an activating group) is 1. The highest BCUT2D eigenvalue weighted by molar-refractivity contribution is 7.97. The molecular formula is C20H23N5S2. The molecule has 0 spiro atoms. The predicted octanol–water partition coefficient (Wildman–Crippen LogP) is 4.51. The third-order valence-electron chi connectivity index (χ3n) is 4.48. The lowest BCUT2D eigenvalue weighted by atomic mass is 10.2. The Morgan fingerprint density at radius 1 is 1.11 bits per heavy atom. The number of hydrogen-bond acceptors (Lipinski definition) is 7. The van der Waals surface area contributed by atoms with Gasteiger partial charge >= 0.3 is 0 Å². The zero-order valence-electron chi connectivity index (χ0n) is 15.6. The molecule has 0 radical (unpaired) electrons. The predicted molar refractivity (Wildman–Crippen MR) is 115 cm³/mol. The van der Waals surface area contributed by atoms with Crippen LogP contribution < -0.4 is 5.32 Å². The SMILES string of the molecule is Cc1cc(-c2csc(Nc3cccc(SN4CCN(C)CC4)c3)n2)ccn1. The lowest BCUT2D eigenvalue weighted by Crippen LogP contribution is -2.40. The Hall–Kier alpha value is -1.93. The Morgan fingerprint density at radius 3 is 2.78 bits per heavy atom. The van der Waals surface area contributed by atoms with Gasteiger partial charge in [0.25, 0.3) is 0 Å². The zero-order chi connectivity index (χ0) is 18.6. The molecule has 0 aliphatic carbocycles. The van der Waals surface area contributed by atoms with Crippen molar-refractivity contribution in [3.63, 3.8) is 0 Å². The van der Waals surface area contributed by atoms with Crippen LogP contribution in [0.15, 0.2) is 52.9 Å². The van der Waals surface area contributed by atoms with E-state index < -0.39 is 0 Å². The Morgan fingerprint density at radius 2 is 1.96 bits per heavy atom. The molecule has 0 atom stereocenters. The van der Waals surface area contributed by atoms with Crippen molar-refractivity contribution >= 4 is 34.1 Å². The second-order valence-corrected chi connectivity index (χ2v) is 8.73. The summed E-state index contributed by atoms with van der Waals surface area (Å²) in [5, 5.41) is 6.43. The topological polar surface area (TPSA) is 44.3 Å². The Labute approximate surface area is 168 Å². The summed E-state index contributed by atoms with van der Waals surface area (Å²) in [6.45, 7) is 6.45. The van der Waals surface area contributed by atoms with Gasteiger partial charge < -0.3 is 10.2 Å². The fourth-order valence-electron chi connectivity index (χ4n) is 2.95. The molecule has 7 heteroatoms. The summed E-state index contributed by atoms with van der Waals surface area (Å²) in [4.78, 5) is 12.6. The normalized spacial score (nSPS) is 15.8. The van der Waals surface area contributed by atoms with E-state index in [-0.39, 0.29) is 0 Å². The number of nitrogens with one attached hydrogen (secondary N) is 1. The van der Waals surface area contributed by atoms with Crippen LogP contribution in [0.3, 0.4) is 0 Å². The van der Waals surface area contributed by atoms with E-state index in [4.69, 9.17) is 4.98 Å². The minimum atomic E-state index is 0.904. The van der Waals surface area contributed by atoms with E-state index in [0.29, 0.717) is 0 Å². The number of pyridine rings is 1. The summed E-state index contributed by atoms with van der Waals surface area (Å²) < 4.78 is 2.44. The highest BCUT2D eigenvalue weighted by Gasteiger charge is 2.15. The molecule has 1 aliphatic heterocycles. The van der Waals surface area contributed by atoms with Crippen LogP contribution in [-0.2, 0) is 0 Å². The van der Waals surface area contributed by atoms with Crippen LogP contribution in [-0.4, -0.2) is 52.4 Å². The first-order valence-electron chi connectivity index (χ1n) is 9.03. The van der Waals surface area contributed by atoms with E-state index in [1.54, 1.807) is 11.3 Å². The molecule has 4 rings (SSSR count). The van der Waals surface area contributed by atoms with Gasteiger partial charge in [-0.25, -0.2) is 9.29 Å². The fourth-order valence-corrected chi connectivity index (χ4v) is 4.65. The van der Waals surface area contributed by atoms with Crippen LogP contribution >= 0.6 is 23.3 Å². The van der Waals surface area contributed by atoms with Crippen LogP contribution in [0.1, 0.15) is 5.69 Å². The first kappa shape index (κ1) is 18.4. The van der Waals surface area contributed by atoms with E-state index >= 15 is 0 Å². The fraction of sp³-hybridized carbons (Fsp3) is 0.300. The van der Waals surface area contributed by atoms with Gasteiger partial charge in [0, 0.05) is 59.6 Å². The van der Waals surface area contributed by atoms with Crippen molar-refractivity contribution in [2.24, 2.45) is 0 Å². The maximum absolute atomic E-state index is 4.73. The van der Waals surface area contributed by atoms with Crippen molar-refractivity contribution in [2.45, 2.75) is 11.8 Å². The minimum absolute atomic E-state index is 0.904. The quantitative estimate of drug-likeness (QED) is 0.639. The molecule has 27 heavy (non-hydrogen) atoms. The molecule has 0 bridgehead atoms. The zero-order valence-corrected chi connectivity index (χ0v) is 17.2. The molecule has 1 saturated heterocycles. The van der Waals surface area contributed by atoms with Gasteiger partial charge in [-0.3, -0.25) is 4.98 Å². The van der Waals surface area contributed by atoms with Crippen molar-refractivity contribution in [3.8, 4) is 11.3 Å². The molecule has 1 aliphatic rings. The van der Waals surface area contributed by atoms with Crippen LogP contribution in [0.2, 0.25) is 0 Å². The van der Waals surface area contributed by atoms with E-state index in [1.165, 1.54) is 4.90 Å². The Balaban J connectivity index is 1.43. The number of hydrogen-bond donors (Lipinski definition) is 1. The smallest absolute Gasteiger partial charge is 0.187 e. The molecule has 5 nitrogen and oxygen atoms in total. The molecular weight excluding hydrogens is 374 g/mol. The monoisotopic (exact) mass is 397 g/mol. The average Bonchev–Trinajstić information content (AvgIpc) is 3.12. The molecule has 1 aromatic carbocycles. The molecule has 0 unspecified atom stereocenters. The Kier molecular flexibility index (Phi) is 5.73. The van der Waals surface area contributed by atoms with Crippen molar-refractivity contribution in [2.75, 3.05) is 38.5 Å². The molecule has 2 aromatic heterocycles. The maximum Gasteiger partial charge on any atom is 0.187 e. The number of thiazole rings is 1. The van der Waals surface area contributed by atoms with Crippen molar-refractivity contribution < 1.29 is 0 Å². The molecule has 1 N–H and O–H groups in total. The first-order chi connectivity index (χ1) is 13.2. The third kappa shape index (κ3) is 4.87. The van der Waals surface area contributed by atoms with Gasteiger partial charge in [0.15, 0.2) is 5.13 Å². The van der Waals surface area contributed by atoms with Gasteiger partial charge in [-0.05, 0) is 56.3 Å². The molecule has 3 aromatic rings. The summed E-state index contributed by atoms with van der Waals surface area (Å²) in [5.74, 6) is 0. The van der Waals surface area contributed by atoms with Gasteiger partial charge in [0.2, 0.25) is 0 Å². The summed E-state index contributed by atoms with van der Waals surface area (Å²) >= 11 is 3.46. The van der Waals surface area contributed by atoms with E-state index in [1.807, 2.05) is 31.1 Å². The van der Waals surface area contributed by atoms with Gasteiger partial charge in [-0.2, -0.15) is 0 Å². The second-order valence-electron chi connectivity index (χ2n) is 6.70. The summed E-state index contributed by atoms with van der Waals surface area (Å²) in [7, 11) is 2.18. The number of aryl methyl sites for hydroxylation is 1. The number of piperazine rings is 1. The maximum atomic E-state index is 4.73. The van der Waals surface area contributed by atoms with Crippen molar-refractivity contribution in [1.29, 1.82) is 0 Å². The van der Waals surface area contributed by atoms with Crippen molar-refractivity contribution in [1.82, 2.24) is 19.2 Å². The van der Waals surface area contributed by atoms with Gasteiger partial charge in [-0.1, -0.05) is 6.07 Å².